The number of carbonyl (C=O) groups excluding carboxylic acids is 1. The Morgan fingerprint density at radius 3 is 2.22 bits per heavy atom. The van der Waals surface area contributed by atoms with Crippen LogP contribution in [0.3, 0.4) is 0 Å². The van der Waals surface area contributed by atoms with Crippen molar-refractivity contribution in [2.24, 2.45) is 0 Å². The predicted octanol–water partition coefficient (Wildman–Crippen LogP) is 8.25. The summed E-state index contributed by atoms with van der Waals surface area (Å²) in [7, 11) is 0. The second-order valence-electron chi connectivity index (χ2n) is 11.7. The number of fused-ring (bicyclic) bond motifs is 3. The normalized spacial score (nSPS) is 11.4. The first-order valence-electron chi connectivity index (χ1n) is 15.7. The molecule has 1 amide bonds. The van der Waals surface area contributed by atoms with E-state index in [9.17, 15) is 4.79 Å². The molecule has 6 aromatic rings. The molecule has 0 atom stereocenters. The molecule has 0 aliphatic rings. The maximum absolute atomic E-state index is 12.6. The molecule has 2 heterocycles. The Morgan fingerprint density at radius 2 is 1.51 bits per heavy atom. The van der Waals surface area contributed by atoms with Crippen LogP contribution in [0.4, 0.5) is 0 Å². The van der Waals surface area contributed by atoms with Crippen molar-refractivity contribution >= 4 is 39.7 Å². The van der Waals surface area contributed by atoms with Crippen LogP contribution in [-0.2, 0) is 11.3 Å². The van der Waals surface area contributed by atoms with Gasteiger partial charge in [-0.05, 0) is 61.9 Å². The zero-order valence-electron chi connectivity index (χ0n) is 25.9. The van der Waals surface area contributed by atoms with Gasteiger partial charge in [0.1, 0.15) is 5.52 Å². The number of nitrogens with zero attached hydrogens (tertiary/aromatic N) is 4. The molecule has 6 nitrogen and oxygen atoms in total. The Labute approximate surface area is 269 Å². The smallest absolute Gasteiger partial charge is 0.219 e. The Balaban J connectivity index is 1.02. The van der Waals surface area contributed by atoms with Crippen molar-refractivity contribution in [3.05, 3.63) is 131 Å². The molecule has 4 aromatic carbocycles. The molecule has 0 aliphatic heterocycles. The monoisotopic (exact) mass is 613 g/mol. The first kappa shape index (κ1) is 30.5. The SMILES string of the molecule is Cc1ccc(Cn2c3ccc(C)cc3c3nnc(SCCCCC(=O)NCCC(c4ccccc4)c4ccccc4)nc32)cc1. The minimum absolute atomic E-state index is 0.107. The van der Waals surface area contributed by atoms with Gasteiger partial charge in [0.25, 0.3) is 0 Å². The number of aromatic nitrogens is 4. The number of hydrogen-bond acceptors (Lipinski definition) is 5. The molecule has 45 heavy (non-hydrogen) atoms. The first-order valence-corrected chi connectivity index (χ1v) is 16.7. The molecule has 0 aliphatic carbocycles. The predicted molar refractivity (Wildman–Crippen MR) is 185 cm³/mol. The van der Waals surface area contributed by atoms with E-state index in [-0.39, 0.29) is 11.8 Å². The van der Waals surface area contributed by atoms with E-state index in [2.05, 4.69) is 125 Å². The molecule has 228 valence electrons. The highest BCUT2D eigenvalue weighted by Gasteiger charge is 2.17. The van der Waals surface area contributed by atoms with Crippen LogP contribution in [-0.4, -0.2) is 38.0 Å². The Hall–Kier alpha value is -4.49. The Bertz CT molecular complexity index is 1830. The van der Waals surface area contributed by atoms with Gasteiger partial charge in [-0.25, -0.2) is 4.98 Å². The molecule has 0 bridgehead atoms. The third-order valence-corrected chi connectivity index (χ3v) is 9.18. The van der Waals surface area contributed by atoms with Gasteiger partial charge < -0.3 is 9.88 Å². The van der Waals surface area contributed by atoms with Crippen molar-refractivity contribution in [1.29, 1.82) is 0 Å². The van der Waals surface area contributed by atoms with Crippen LogP contribution in [0.2, 0.25) is 0 Å². The summed E-state index contributed by atoms with van der Waals surface area (Å²) >= 11 is 1.60. The van der Waals surface area contributed by atoms with Crippen molar-refractivity contribution in [2.75, 3.05) is 12.3 Å². The van der Waals surface area contributed by atoms with Gasteiger partial charge in [0.05, 0.1) is 5.52 Å². The number of aryl methyl sites for hydroxylation is 2. The van der Waals surface area contributed by atoms with Crippen LogP contribution in [0.15, 0.2) is 108 Å². The van der Waals surface area contributed by atoms with Crippen molar-refractivity contribution in [1.82, 2.24) is 25.1 Å². The summed E-state index contributed by atoms with van der Waals surface area (Å²) in [5, 5.41) is 14.0. The molecule has 6 rings (SSSR count). The van der Waals surface area contributed by atoms with E-state index in [1.807, 2.05) is 12.1 Å². The van der Waals surface area contributed by atoms with Crippen molar-refractivity contribution in [3.63, 3.8) is 0 Å². The molecular formula is C38H39N5OS. The molecule has 0 saturated heterocycles. The van der Waals surface area contributed by atoms with Crippen LogP contribution >= 0.6 is 11.8 Å². The summed E-state index contributed by atoms with van der Waals surface area (Å²) in [6.07, 6.45) is 3.11. The molecule has 1 N–H and O–H groups in total. The van der Waals surface area contributed by atoms with Gasteiger partial charge in [-0.15, -0.1) is 10.2 Å². The van der Waals surface area contributed by atoms with Crippen LogP contribution in [0.25, 0.3) is 22.1 Å². The van der Waals surface area contributed by atoms with Crippen LogP contribution in [0.5, 0.6) is 0 Å². The lowest BCUT2D eigenvalue weighted by molar-refractivity contribution is -0.121. The quantitative estimate of drug-likeness (QED) is 0.105. The molecule has 7 heteroatoms. The summed E-state index contributed by atoms with van der Waals surface area (Å²) in [5.74, 6) is 1.20. The molecule has 2 aromatic heterocycles. The third kappa shape index (κ3) is 7.60. The minimum Gasteiger partial charge on any atom is -0.356 e. The van der Waals surface area contributed by atoms with Gasteiger partial charge in [-0.1, -0.05) is 114 Å². The van der Waals surface area contributed by atoms with E-state index < -0.39 is 0 Å². The van der Waals surface area contributed by atoms with Gasteiger partial charge in [0.2, 0.25) is 11.1 Å². The van der Waals surface area contributed by atoms with Gasteiger partial charge in [0, 0.05) is 36.6 Å². The number of amides is 1. The summed E-state index contributed by atoms with van der Waals surface area (Å²) in [6.45, 7) is 5.57. The van der Waals surface area contributed by atoms with Crippen LogP contribution < -0.4 is 5.32 Å². The summed E-state index contributed by atoms with van der Waals surface area (Å²) in [5.41, 5.74) is 9.02. The Kier molecular flexibility index (Phi) is 9.86. The summed E-state index contributed by atoms with van der Waals surface area (Å²) in [6, 6.07) is 36.2. The molecular weight excluding hydrogens is 575 g/mol. The van der Waals surface area contributed by atoms with Gasteiger partial charge >= 0.3 is 0 Å². The highest BCUT2D eigenvalue weighted by Crippen LogP contribution is 2.30. The number of benzene rings is 4. The first-order chi connectivity index (χ1) is 22.0. The number of carbonyl (C=O) groups is 1. The van der Waals surface area contributed by atoms with E-state index in [0.29, 0.717) is 18.1 Å². The number of nitrogens with one attached hydrogen (secondary N) is 1. The van der Waals surface area contributed by atoms with Gasteiger partial charge in [0.15, 0.2) is 5.65 Å². The average Bonchev–Trinajstić information content (AvgIpc) is 3.36. The van der Waals surface area contributed by atoms with Crippen LogP contribution in [0, 0.1) is 13.8 Å². The standard InChI is InChI=1S/C38H39N5OS/c1-27-16-19-29(20-17-27)26-43-34-21-18-28(2)25-33(34)36-37(43)40-38(42-41-36)45-24-10-9-15-35(44)39-23-22-32(30-11-5-3-6-12-30)31-13-7-4-8-14-31/h3-8,11-14,16-21,25,32H,9-10,15,22-24,26H2,1-2H3,(H,39,44). The topological polar surface area (TPSA) is 72.7 Å². The van der Waals surface area contributed by atoms with Gasteiger partial charge in [-0.3, -0.25) is 4.79 Å². The zero-order valence-corrected chi connectivity index (χ0v) is 26.8. The molecule has 0 spiro atoms. The lowest BCUT2D eigenvalue weighted by atomic mass is 9.88. The molecule has 0 unspecified atom stereocenters. The number of rotatable bonds is 13. The maximum atomic E-state index is 12.6. The fourth-order valence-electron chi connectivity index (χ4n) is 5.84. The van der Waals surface area contributed by atoms with Crippen molar-refractivity contribution in [2.45, 2.75) is 57.1 Å². The Morgan fingerprint density at radius 1 is 0.822 bits per heavy atom. The third-order valence-electron chi connectivity index (χ3n) is 8.25. The van der Waals surface area contributed by atoms with Crippen molar-refractivity contribution in [3.8, 4) is 0 Å². The lowest BCUT2D eigenvalue weighted by Gasteiger charge is -2.18. The largest absolute Gasteiger partial charge is 0.356 e. The highest BCUT2D eigenvalue weighted by atomic mass is 32.2. The molecule has 0 fully saturated rings. The molecule has 0 radical (unpaired) electrons. The number of hydrogen-bond donors (Lipinski definition) is 1. The summed E-state index contributed by atoms with van der Waals surface area (Å²) < 4.78 is 2.25. The fourth-order valence-corrected chi connectivity index (χ4v) is 6.62. The van der Waals surface area contributed by atoms with E-state index in [0.717, 1.165) is 53.6 Å². The average molecular weight is 614 g/mol. The molecule has 0 saturated carbocycles. The number of unbranched alkanes of at least 4 members (excludes halogenated alkanes) is 1. The number of thioether (sulfide) groups is 1. The lowest BCUT2D eigenvalue weighted by Crippen LogP contribution is -2.25. The maximum Gasteiger partial charge on any atom is 0.219 e. The fraction of sp³-hybridized carbons (Fsp3) is 0.263. The second-order valence-corrected chi connectivity index (χ2v) is 12.7. The van der Waals surface area contributed by atoms with E-state index in [4.69, 9.17) is 4.98 Å². The minimum atomic E-state index is 0.107. The summed E-state index contributed by atoms with van der Waals surface area (Å²) in [4.78, 5) is 17.6. The van der Waals surface area contributed by atoms with E-state index >= 15 is 0 Å². The van der Waals surface area contributed by atoms with Gasteiger partial charge in [-0.2, -0.15) is 0 Å². The van der Waals surface area contributed by atoms with E-state index in [1.54, 1.807) is 11.8 Å². The van der Waals surface area contributed by atoms with Crippen LogP contribution in [0.1, 0.15) is 59.4 Å². The zero-order chi connectivity index (χ0) is 31.0. The second kappa shape index (κ2) is 14.5. The van der Waals surface area contributed by atoms with Crippen molar-refractivity contribution < 1.29 is 4.79 Å². The van der Waals surface area contributed by atoms with E-state index in [1.165, 1.54) is 27.8 Å². The highest BCUT2D eigenvalue weighted by molar-refractivity contribution is 7.99.